The van der Waals surface area contributed by atoms with Crippen molar-refractivity contribution in [1.29, 1.82) is 0 Å². The number of aromatic amines is 1. The molecule has 1 amide bonds. The smallest absolute Gasteiger partial charge is 0.227 e. The zero-order valence-electron chi connectivity index (χ0n) is 14.7. The van der Waals surface area contributed by atoms with Crippen LogP contribution in [-0.4, -0.2) is 55.8 Å². The number of nitrogens with zero attached hydrogens (tertiary/aromatic N) is 5. The Morgan fingerprint density at radius 3 is 2.96 bits per heavy atom. The highest BCUT2D eigenvalue weighted by atomic mass is 16.5. The third-order valence-electron chi connectivity index (χ3n) is 4.13. The quantitative estimate of drug-likeness (QED) is 0.801. The molecule has 1 aliphatic heterocycles. The number of morpholine rings is 1. The van der Waals surface area contributed by atoms with Gasteiger partial charge in [-0.25, -0.2) is 4.98 Å². The van der Waals surface area contributed by atoms with E-state index in [1.54, 1.807) is 4.90 Å². The second-order valence-corrected chi connectivity index (χ2v) is 6.05. The van der Waals surface area contributed by atoms with E-state index in [0.717, 1.165) is 25.1 Å². The Labute approximate surface area is 146 Å². The molecule has 25 heavy (non-hydrogen) atoms. The van der Waals surface area contributed by atoms with Gasteiger partial charge in [0.25, 0.3) is 0 Å². The van der Waals surface area contributed by atoms with E-state index >= 15 is 0 Å². The van der Waals surface area contributed by atoms with Crippen molar-refractivity contribution < 1.29 is 14.1 Å². The molecule has 3 heterocycles. The second kappa shape index (κ2) is 8.19. The van der Waals surface area contributed by atoms with Crippen molar-refractivity contribution >= 4 is 5.91 Å². The van der Waals surface area contributed by atoms with Crippen LogP contribution in [0, 0.1) is 0 Å². The lowest BCUT2D eigenvalue weighted by Gasteiger charge is -2.31. The first kappa shape index (κ1) is 17.5. The first-order chi connectivity index (χ1) is 12.2. The summed E-state index contributed by atoms with van der Waals surface area (Å²) in [6, 6.07) is 0. The van der Waals surface area contributed by atoms with Gasteiger partial charge in [0, 0.05) is 32.2 Å². The summed E-state index contributed by atoms with van der Waals surface area (Å²) in [5.41, 5.74) is 0. The Balaban J connectivity index is 1.52. The van der Waals surface area contributed by atoms with E-state index in [-0.39, 0.29) is 12.0 Å². The number of aromatic nitrogens is 5. The fourth-order valence-corrected chi connectivity index (χ4v) is 2.73. The fraction of sp³-hybridized carbons (Fsp3) is 0.688. The molecule has 0 unspecified atom stereocenters. The van der Waals surface area contributed by atoms with Gasteiger partial charge < -0.3 is 14.2 Å². The molecule has 9 nitrogen and oxygen atoms in total. The van der Waals surface area contributed by atoms with Crippen LogP contribution in [0.15, 0.2) is 4.52 Å². The van der Waals surface area contributed by atoms with E-state index in [0.29, 0.717) is 50.1 Å². The SMILES string of the molecule is CCCc1noc(CCC(=O)N2CCO[C@H](c3n[nH]c(CC)n3)C2)n1. The maximum Gasteiger partial charge on any atom is 0.227 e. The topological polar surface area (TPSA) is 110 Å². The number of aryl methyl sites for hydroxylation is 3. The molecule has 2 aromatic rings. The normalized spacial score (nSPS) is 17.8. The van der Waals surface area contributed by atoms with Crippen molar-refractivity contribution in [3.8, 4) is 0 Å². The molecular weight excluding hydrogens is 324 g/mol. The maximum atomic E-state index is 12.5. The molecule has 1 aliphatic rings. The van der Waals surface area contributed by atoms with Crippen LogP contribution in [0.25, 0.3) is 0 Å². The molecule has 0 radical (unpaired) electrons. The highest BCUT2D eigenvalue weighted by Gasteiger charge is 2.28. The van der Waals surface area contributed by atoms with Crippen LogP contribution in [0.1, 0.15) is 56.2 Å². The van der Waals surface area contributed by atoms with E-state index in [1.807, 2.05) is 6.92 Å². The van der Waals surface area contributed by atoms with Crippen LogP contribution in [0.3, 0.4) is 0 Å². The van der Waals surface area contributed by atoms with Gasteiger partial charge in [0.15, 0.2) is 11.6 Å². The summed E-state index contributed by atoms with van der Waals surface area (Å²) in [5, 5.41) is 11.0. The van der Waals surface area contributed by atoms with Crippen LogP contribution in [0.5, 0.6) is 0 Å². The summed E-state index contributed by atoms with van der Waals surface area (Å²) >= 11 is 0. The Morgan fingerprint density at radius 2 is 2.20 bits per heavy atom. The van der Waals surface area contributed by atoms with Crippen molar-refractivity contribution in [2.24, 2.45) is 0 Å². The molecule has 1 atom stereocenters. The van der Waals surface area contributed by atoms with Crippen LogP contribution in [-0.2, 0) is 28.8 Å². The van der Waals surface area contributed by atoms with Crippen molar-refractivity contribution in [2.75, 3.05) is 19.7 Å². The maximum absolute atomic E-state index is 12.5. The molecule has 0 saturated carbocycles. The first-order valence-electron chi connectivity index (χ1n) is 8.81. The molecule has 1 saturated heterocycles. The Hall–Kier alpha value is -2.29. The number of carbonyl (C=O) groups excluding carboxylic acids is 1. The largest absolute Gasteiger partial charge is 0.366 e. The Kier molecular flexibility index (Phi) is 5.75. The highest BCUT2D eigenvalue weighted by Crippen LogP contribution is 2.20. The number of nitrogens with one attached hydrogen (secondary N) is 1. The van der Waals surface area contributed by atoms with Gasteiger partial charge in [0.2, 0.25) is 11.8 Å². The fourth-order valence-electron chi connectivity index (χ4n) is 2.73. The summed E-state index contributed by atoms with van der Waals surface area (Å²) < 4.78 is 10.9. The summed E-state index contributed by atoms with van der Waals surface area (Å²) in [4.78, 5) is 23.0. The van der Waals surface area contributed by atoms with E-state index in [2.05, 4.69) is 32.2 Å². The predicted molar refractivity (Wildman–Crippen MR) is 87.6 cm³/mol. The van der Waals surface area contributed by atoms with Crippen molar-refractivity contribution in [3.63, 3.8) is 0 Å². The summed E-state index contributed by atoms with van der Waals surface area (Å²) in [6.07, 6.45) is 3.06. The van der Waals surface area contributed by atoms with Crippen molar-refractivity contribution in [1.82, 2.24) is 30.2 Å². The van der Waals surface area contributed by atoms with Crippen LogP contribution in [0.4, 0.5) is 0 Å². The van der Waals surface area contributed by atoms with Gasteiger partial charge in [-0.15, -0.1) is 0 Å². The van der Waals surface area contributed by atoms with Crippen molar-refractivity contribution in [3.05, 3.63) is 23.4 Å². The number of H-pyrrole nitrogens is 1. The lowest BCUT2D eigenvalue weighted by atomic mass is 10.2. The number of hydrogen-bond acceptors (Lipinski definition) is 7. The average molecular weight is 348 g/mol. The van der Waals surface area contributed by atoms with Gasteiger partial charge in [-0.2, -0.15) is 10.1 Å². The number of carbonyl (C=O) groups is 1. The molecule has 136 valence electrons. The number of amides is 1. The van der Waals surface area contributed by atoms with E-state index in [9.17, 15) is 4.79 Å². The lowest BCUT2D eigenvalue weighted by Crippen LogP contribution is -2.42. The molecular formula is C16H24N6O3. The monoisotopic (exact) mass is 348 g/mol. The molecule has 0 bridgehead atoms. The number of ether oxygens (including phenoxy) is 1. The predicted octanol–water partition coefficient (Wildman–Crippen LogP) is 1.24. The molecule has 1 N–H and O–H groups in total. The van der Waals surface area contributed by atoms with Gasteiger partial charge in [-0.05, 0) is 6.42 Å². The number of hydrogen-bond donors (Lipinski definition) is 1. The Morgan fingerprint density at radius 1 is 1.32 bits per heavy atom. The van der Waals surface area contributed by atoms with E-state index in [4.69, 9.17) is 9.26 Å². The van der Waals surface area contributed by atoms with Gasteiger partial charge in [-0.3, -0.25) is 9.89 Å². The average Bonchev–Trinajstić information content (AvgIpc) is 3.29. The molecule has 0 aliphatic carbocycles. The summed E-state index contributed by atoms with van der Waals surface area (Å²) in [5.74, 6) is 2.70. The minimum absolute atomic E-state index is 0.0507. The second-order valence-electron chi connectivity index (χ2n) is 6.05. The molecule has 9 heteroatoms. The molecule has 1 fully saturated rings. The van der Waals surface area contributed by atoms with Crippen molar-refractivity contribution in [2.45, 2.75) is 52.1 Å². The summed E-state index contributed by atoms with van der Waals surface area (Å²) in [6.45, 7) is 5.58. The van der Waals surface area contributed by atoms with Crippen LogP contribution >= 0.6 is 0 Å². The minimum atomic E-state index is -0.284. The van der Waals surface area contributed by atoms with Gasteiger partial charge in [0.1, 0.15) is 11.9 Å². The number of rotatable bonds is 7. The van der Waals surface area contributed by atoms with Gasteiger partial charge in [0.05, 0.1) is 13.2 Å². The third-order valence-corrected chi connectivity index (χ3v) is 4.13. The third kappa shape index (κ3) is 4.41. The molecule has 0 spiro atoms. The summed E-state index contributed by atoms with van der Waals surface area (Å²) in [7, 11) is 0. The minimum Gasteiger partial charge on any atom is -0.366 e. The molecule has 3 rings (SSSR count). The lowest BCUT2D eigenvalue weighted by molar-refractivity contribution is -0.139. The van der Waals surface area contributed by atoms with E-state index < -0.39 is 0 Å². The van der Waals surface area contributed by atoms with Gasteiger partial charge >= 0.3 is 0 Å². The molecule has 2 aromatic heterocycles. The van der Waals surface area contributed by atoms with Crippen LogP contribution < -0.4 is 0 Å². The molecule has 0 aromatic carbocycles. The first-order valence-corrected chi connectivity index (χ1v) is 8.81. The zero-order chi connectivity index (χ0) is 17.6. The Bertz CT molecular complexity index is 698. The highest BCUT2D eigenvalue weighted by molar-refractivity contribution is 5.76. The van der Waals surface area contributed by atoms with E-state index in [1.165, 1.54) is 0 Å². The zero-order valence-corrected chi connectivity index (χ0v) is 14.7. The standard InChI is InChI=1S/C16H24N6O3/c1-3-5-13-17-14(25-21-13)6-7-15(23)22-8-9-24-11(10-22)16-18-12(4-2)19-20-16/h11H,3-10H2,1-2H3,(H,18,19,20)/t11-/m0/s1. The van der Waals surface area contributed by atoms with Gasteiger partial charge in [-0.1, -0.05) is 19.0 Å². The van der Waals surface area contributed by atoms with Crippen LogP contribution in [0.2, 0.25) is 0 Å².